The summed E-state index contributed by atoms with van der Waals surface area (Å²) < 4.78 is 16.6. The number of methoxy groups -OCH3 is 1. The fourth-order valence-electron chi connectivity index (χ4n) is 2.79. The topological polar surface area (TPSA) is 94.7 Å². The van der Waals surface area contributed by atoms with Gasteiger partial charge in [-0.2, -0.15) is 4.99 Å². The largest absolute Gasteiger partial charge is 0.491 e. The number of rotatable bonds is 5. The highest BCUT2D eigenvalue weighted by atomic mass is 16.5. The van der Waals surface area contributed by atoms with Gasteiger partial charge in [-0.25, -0.2) is 4.98 Å². The van der Waals surface area contributed by atoms with Gasteiger partial charge in [0.2, 0.25) is 11.8 Å². The second kappa shape index (κ2) is 7.06. The quantitative estimate of drug-likeness (QED) is 0.738. The summed E-state index contributed by atoms with van der Waals surface area (Å²) in [6.07, 6.45) is 2.45. The van der Waals surface area contributed by atoms with Crippen LogP contribution in [0.4, 0.5) is 11.7 Å². The third-order valence-corrected chi connectivity index (χ3v) is 3.94. The number of nitrogens with one attached hydrogen (secondary N) is 1. The Morgan fingerprint density at radius 3 is 2.70 bits per heavy atom. The molecule has 0 saturated heterocycles. The molecule has 138 valence electrons. The first-order valence-electron chi connectivity index (χ1n) is 8.59. The molecule has 3 aromatic rings. The number of nitrogens with zero attached hydrogens (tertiary/aromatic N) is 4. The molecule has 3 heterocycles. The van der Waals surface area contributed by atoms with Crippen LogP contribution in [-0.4, -0.2) is 34.2 Å². The number of pyridine rings is 1. The Hall–Kier alpha value is -3.42. The van der Waals surface area contributed by atoms with Crippen molar-refractivity contribution in [3.63, 3.8) is 0 Å². The minimum Gasteiger partial charge on any atom is -0.491 e. The molecule has 8 nitrogen and oxygen atoms in total. The second-order valence-corrected chi connectivity index (χ2v) is 6.30. The fourth-order valence-corrected chi connectivity index (χ4v) is 2.79. The van der Waals surface area contributed by atoms with Gasteiger partial charge in [-0.1, -0.05) is 5.10 Å². The van der Waals surface area contributed by atoms with E-state index in [4.69, 9.17) is 13.9 Å². The summed E-state index contributed by atoms with van der Waals surface area (Å²) in [5.41, 5.74) is 2.68. The number of amidine groups is 1. The molecule has 4 rings (SSSR count). The molecule has 1 aliphatic rings. The molecule has 0 amide bonds. The first-order chi connectivity index (χ1) is 13.1. The number of hydrogen-bond acceptors (Lipinski definition) is 7. The Labute approximate surface area is 156 Å². The van der Waals surface area contributed by atoms with Crippen LogP contribution in [0, 0.1) is 0 Å². The van der Waals surface area contributed by atoms with Gasteiger partial charge in [0.15, 0.2) is 0 Å². The van der Waals surface area contributed by atoms with Gasteiger partial charge in [-0.15, -0.1) is 5.10 Å². The first kappa shape index (κ1) is 17.0. The molecule has 0 saturated carbocycles. The van der Waals surface area contributed by atoms with E-state index in [9.17, 15) is 0 Å². The zero-order valence-corrected chi connectivity index (χ0v) is 15.3. The molecular weight excluding hydrogens is 346 g/mol. The van der Waals surface area contributed by atoms with Gasteiger partial charge >= 0.3 is 6.01 Å². The number of aromatic nitrogens is 3. The van der Waals surface area contributed by atoms with Crippen molar-refractivity contribution in [2.75, 3.05) is 12.4 Å². The van der Waals surface area contributed by atoms with E-state index in [0.717, 1.165) is 22.6 Å². The van der Waals surface area contributed by atoms with E-state index >= 15 is 0 Å². The summed E-state index contributed by atoms with van der Waals surface area (Å²) in [6.45, 7) is 3.97. The lowest BCUT2D eigenvalue weighted by Gasteiger charge is -2.09. The summed E-state index contributed by atoms with van der Waals surface area (Å²) in [6, 6.07) is 9.62. The molecule has 27 heavy (non-hydrogen) atoms. The van der Waals surface area contributed by atoms with Crippen molar-refractivity contribution in [3.05, 3.63) is 42.1 Å². The minimum atomic E-state index is 0.124. The average Bonchev–Trinajstić information content (AvgIpc) is 3.28. The standard InChI is InChI=1S/C19H19N5O3/c1-11(2)26-14-6-4-12(5-7-14)17-23-24-19(27-17)22-15-10-13-8-9-20-18(25-3)16(13)21-15/h4-9,11H,10H2,1-3H3,(H,21,22,24). The highest BCUT2D eigenvalue weighted by Gasteiger charge is 2.21. The van der Waals surface area contributed by atoms with E-state index in [0.29, 0.717) is 24.0 Å². The van der Waals surface area contributed by atoms with Crippen LogP contribution < -0.4 is 14.8 Å². The van der Waals surface area contributed by atoms with Crippen LogP contribution in [0.25, 0.3) is 11.5 Å². The Morgan fingerprint density at radius 1 is 1.15 bits per heavy atom. The zero-order valence-electron chi connectivity index (χ0n) is 15.3. The van der Waals surface area contributed by atoms with E-state index in [1.165, 1.54) is 0 Å². The summed E-state index contributed by atoms with van der Waals surface area (Å²) in [5, 5.41) is 11.3. The van der Waals surface area contributed by atoms with Crippen LogP contribution in [0.3, 0.4) is 0 Å². The van der Waals surface area contributed by atoms with E-state index in [1.54, 1.807) is 13.3 Å². The van der Waals surface area contributed by atoms with Gasteiger partial charge in [0.05, 0.1) is 13.2 Å². The summed E-state index contributed by atoms with van der Waals surface area (Å²) in [7, 11) is 1.58. The lowest BCUT2D eigenvalue weighted by Crippen LogP contribution is -2.06. The molecule has 0 spiro atoms. The highest BCUT2D eigenvalue weighted by molar-refractivity contribution is 6.04. The predicted octanol–water partition coefficient (Wildman–Crippen LogP) is 3.63. The minimum absolute atomic E-state index is 0.124. The Balaban J connectivity index is 1.51. The van der Waals surface area contributed by atoms with Crippen molar-refractivity contribution in [2.45, 2.75) is 26.4 Å². The number of aliphatic imine (C=N–C) groups is 1. The van der Waals surface area contributed by atoms with Crippen molar-refractivity contribution in [2.24, 2.45) is 4.99 Å². The first-order valence-corrected chi connectivity index (χ1v) is 8.59. The molecule has 0 unspecified atom stereocenters. The van der Waals surface area contributed by atoms with Gasteiger partial charge in [0.1, 0.15) is 17.3 Å². The van der Waals surface area contributed by atoms with Crippen LogP contribution in [-0.2, 0) is 6.42 Å². The molecule has 0 aliphatic carbocycles. The second-order valence-electron chi connectivity index (χ2n) is 6.30. The van der Waals surface area contributed by atoms with Gasteiger partial charge < -0.3 is 19.2 Å². The van der Waals surface area contributed by atoms with Crippen molar-refractivity contribution in [3.8, 4) is 23.1 Å². The summed E-state index contributed by atoms with van der Waals surface area (Å²) in [4.78, 5) is 8.59. The number of fused-ring (bicyclic) bond motifs is 1. The van der Waals surface area contributed by atoms with Gasteiger partial charge in [-0.3, -0.25) is 0 Å². The normalized spacial score (nSPS) is 14.3. The third kappa shape index (κ3) is 3.59. The molecule has 0 atom stereocenters. The maximum absolute atomic E-state index is 5.67. The summed E-state index contributed by atoms with van der Waals surface area (Å²) >= 11 is 0. The monoisotopic (exact) mass is 365 g/mol. The van der Waals surface area contributed by atoms with Crippen molar-refractivity contribution in [1.82, 2.24) is 15.2 Å². The Kier molecular flexibility index (Phi) is 4.45. The number of ether oxygens (including phenoxy) is 2. The Morgan fingerprint density at radius 2 is 1.96 bits per heavy atom. The molecule has 8 heteroatoms. The number of anilines is 1. The van der Waals surface area contributed by atoms with E-state index in [2.05, 4.69) is 25.5 Å². The van der Waals surface area contributed by atoms with Crippen LogP contribution in [0.15, 0.2) is 45.9 Å². The average molecular weight is 365 g/mol. The maximum atomic E-state index is 5.67. The maximum Gasteiger partial charge on any atom is 0.344 e. The lowest BCUT2D eigenvalue weighted by molar-refractivity contribution is 0.242. The van der Waals surface area contributed by atoms with Crippen molar-refractivity contribution >= 4 is 17.5 Å². The van der Waals surface area contributed by atoms with E-state index in [-0.39, 0.29) is 12.1 Å². The molecular formula is C19H19N5O3. The molecule has 0 fully saturated rings. The highest BCUT2D eigenvalue weighted by Crippen LogP contribution is 2.32. The number of benzene rings is 1. The van der Waals surface area contributed by atoms with Gasteiger partial charge in [0.25, 0.3) is 0 Å². The van der Waals surface area contributed by atoms with Crippen LogP contribution >= 0.6 is 0 Å². The molecule has 1 aromatic carbocycles. The smallest absolute Gasteiger partial charge is 0.344 e. The number of hydrogen-bond donors (Lipinski definition) is 1. The van der Waals surface area contributed by atoms with E-state index in [1.807, 2.05) is 44.2 Å². The molecule has 1 N–H and O–H groups in total. The van der Waals surface area contributed by atoms with E-state index < -0.39 is 0 Å². The molecule has 0 bridgehead atoms. The predicted molar refractivity (Wildman–Crippen MR) is 101 cm³/mol. The van der Waals surface area contributed by atoms with Crippen molar-refractivity contribution in [1.29, 1.82) is 0 Å². The third-order valence-electron chi connectivity index (χ3n) is 3.94. The zero-order chi connectivity index (χ0) is 18.8. The molecule has 2 aromatic heterocycles. The Bertz CT molecular complexity index is 979. The summed E-state index contributed by atoms with van der Waals surface area (Å²) in [5.74, 6) is 2.43. The SMILES string of the molecule is COc1nccc2c1NC(=Nc1nnc(-c3ccc(OC(C)C)cc3)o1)C2. The lowest BCUT2D eigenvalue weighted by atomic mass is 10.2. The van der Waals surface area contributed by atoms with Crippen LogP contribution in [0.5, 0.6) is 11.6 Å². The van der Waals surface area contributed by atoms with Crippen LogP contribution in [0.1, 0.15) is 19.4 Å². The molecule has 1 aliphatic heterocycles. The van der Waals surface area contributed by atoms with Crippen LogP contribution in [0.2, 0.25) is 0 Å². The van der Waals surface area contributed by atoms with Gasteiger partial charge in [0, 0.05) is 18.2 Å². The fraction of sp³-hybridized carbons (Fsp3) is 0.263. The van der Waals surface area contributed by atoms with Gasteiger partial charge in [-0.05, 0) is 49.7 Å². The van der Waals surface area contributed by atoms with Crippen molar-refractivity contribution < 1.29 is 13.9 Å². The molecule has 0 radical (unpaired) electrons.